The van der Waals surface area contributed by atoms with E-state index < -0.39 is 17.8 Å². The minimum atomic E-state index is -4.58. The summed E-state index contributed by atoms with van der Waals surface area (Å²) in [6.45, 7) is 1.19. The molecule has 2 aromatic carbocycles. The third kappa shape index (κ3) is 5.31. The van der Waals surface area contributed by atoms with Crippen molar-refractivity contribution in [3.63, 3.8) is 0 Å². The molecular weight excluding hydrogens is 461 g/mol. The van der Waals surface area contributed by atoms with Crippen molar-refractivity contribution in [1.82, 2.24) is 9.88 Å². The Morgan fingerprint density at radius 3 is 2.49 bits per heavy atom. The highest BCUT2D eigenvalue weighted by Gasteiger charge is 2.34. The van der Waals surface area contributed by atoms with E-state index in [1.807, 2.05) is 35.2 Å². The van der Waals surface area contributed by atoms with Gasteiger partial charge in [-0.25, -0.2) is 4.98 Å². The molecule has 35 heavy (non-hydrogen) atoms. The zero-order valence-corrected chi connectivity index (χ0v) is 19.1. The summed E-state index contributed by atoms with van der Waals surface area (Å²) in [5.74, 6) is -0.788. The van der Waals surface area contributed by atoms with E-state index in [0.717, 1.165) is 11.6 Å². The molecule has 0 unspecified atom stereocenters. The molecule has 3 aromatic rings. The number of primary amides is 1. The number of amides is 2. The largest absolute Gasteiger partial charge is 0.494 e. The number of rotatable bonds is 6. The summed E-state index contributed by atoms with van der Waals surface area (Å²) in [4.78, 5) is 31.7. The van der Waals surface area contributed by atoms with Gasteiger partial charge < -0.3 is 20.3 Å². The maximum absolute atomic E-state index is 13.3. The van der Waals surface area contributed by atoms with Crippen LogP contribution in [0.3, 0.4) is 0 Å². The number of benzene rings is 2. The number of methoxy groups -OCH3 is 1. The van der Waals surface area contributed by atoms with Gasteiger partial charge in [0.05, 0.1) is 13.2 Å². The van der Waals surface area contributed by atoms with Gasteiger partial charge in [0.2, 0.25) is 11.8 Å². The molecule has 184 valence electrons. The van der Waals surface area contributed by atoms with Gasteiger partial charge in [-0.2, -0.15) is 13.2 Å². The van der Waals surface area contributed by atoms with Crippen molar-refractivity contribution >= 4 is 28.4 Å². The smallest absolute Gasteiger partial charge is 0.433 e. The molecule has 1 atom stereocenters. The van der Waals surface area contributed by atoms with E-state index in [9.17, 15) is 22.8 Å². The predicted molar refractivity (Wildman–Crippen MR) is 125 cm³/mol. The van der Waals surface area contributed by atoms with Crippen LogP contribution in [0.4, 0.5) is 18.9 Å². The van der Waals surface area contributed by atoms with Crippen LogP contribution < -0.4 is 15.4 Å². The maximum Gasteiger partial charge on any atom is 0.433 e. The predicted octanol–water partition coefficient (Wildman–Crippen LogP) is 3.40. The van der Waals surface area contributed by atoms with Crippen LogP contribution in [0.15, 0.2) is 54.6 Å². The monoisotopic (exact) mass is 486 g/mol. The first-order valence-corrected chi connectivity index (χ1v) is 11.1. The highest BCUT2D eigenvalue weighted by molar-refractivity contribution is 5.97. The Morgan fingerprint density at radius 2 is 1.83 bits per heavy atom. The number of nitrogens with zero attached hydrogens (tertiary/aromatic N) is 3. The number of pyridine rings is 1. The number of carbonyl (C=O) groups excluding carboxylic acids is 2. The molecule has 4 rings (SSSR count). The average Bonchev–Trinajstić information content (AvgIpc) is 2.82. The average molecular weight is 486 g/mol. The SMILES string of the molecule is COc1ccc(N2CCN(C(=O)CC(N)=O)[C@@H](Cc3ccccc3)C2)c2ccc(C(F)(F)F)nc12. The van der Waals surface area contributed by atoms with Crippen LogP contribution in [-0.2, 0) is 22.2 Å². The van der Waals surface area contributed by atoms with E-state index in [0.29, 0.717) is 37.1 Å². The van der Waals surface area contributed by atoms with Crippen molar-refractivity contribution in [2.45, 2.75) is 25.1 Å². The first-order valence-electron chi connectivity index (χ1n) is 11.1. The number of aromatic nitrogens is 1. The van der Waals surface area contributed by atoms with E-state index in [4.69, 9.17) is 10.5 Å². The minimum absolute atomic E-state index is 0.117. The zero-order valence-electron chi connectivity index (χ0n) is 19.1. The third-order valence-electron chi connectivity index (χ3n) is 6.09. The van der Waals surface area contributed by atoms with Crippen molar-refractivity contribution < 1.29 is 27.5 Å². The van der Waals surface area contributed by atoms with Crippen LogP contribution in [0.1, 0.15) is 17.7 Å². The lowest BCUT2D eigenvalue weighted by atomic mass is 10.00. The zero-order chi connectivity index (χ0) is 25.2. The van der Waals surface area contributed by atoms with E-state index in [1.54, 1.807) is 17.0 Å². The molecule has 2 N–H and O–H groups in total. The molecule has 1 fully saturated rings. The number of nitrogens with two attached hydrogens (primary N) is 1. The van der Waals surface area contributed by atoms with Crippen molar-refractivity contribution in [3.8, 4) is 5.75 Å². The Kier molecular flexibility index (Phi) is 6.81. The number of halogens is 3. The Labute approximate surface area is 200 Å². The molecule has 10 heteroatoms. The first-order chi connectivity index (χ1) is 16.7. The summed E-state index contributed by atoms with van der Waals surface area (Å²) in [6, 6.07) is 15.1. The van der Waals surface area contributed by atoms with Gasteiger partial charge in [0.25, 0.3) is 0 Å². The van der Waals surface area contributed by atoms with E-state index in [-0.39, 0.29) is 29.6 Å². The maximum atomic E-state index is 13.3. The van der Waals surface area contributed by atoms with Gasteiger partial charge in [0, 0.05) is 30.7 Å². The minimum Gasteiger partial charge on any atom is -0.494 e. The first kappa shape index (κ1) is 24.3. The molecule has 2 amide bonds. The van der Waals surface area contributed by atoms with Crippen LogP contribution in [0, 0.1) is 0 Å². The number of fused-ring (bicyclic) bond motifs is 1. The lowest BCUT2D eigenvalue weighted by Gasteiger charge is -2.43. The fourth-order valence-electron chi connectivity index (χ4n) is 4.49. The van der Waals surface area contributed by atoms with Gasteiger partial charge in [0.15, 0.2) is 0 Å². The van der Waals surface area contributed by atoms with Crippen LogP contribution >= 0.6 is 0 Å². The topological polar surface area (TPSA) is 88.8 Å². The Bertz CT molecular complexity index is 1230. The van der Waals surface area contributed by atoms with Crippen LogP contribution in [-0.4, -0.2) is 54.5 Å². The summed E-state index contributed by atoms with van der Waals surface area (Å²) < 4.78 is 45.1. The molecule has 1 aliphatic rings. The summed E-state index contributed by atoms with van der Waals surface area (Å²) >= 11 is 0. The number of ether oxygens (including phenoxy) is 1. The van der Waals surface area contributed by atoms with Gasteiger partial charge in [-0.05, 0) is 36.2 Å². The number of hydrogen-bond acceptors (Lipinski definition) is 5. The molecule has 1 aliphatic heterocycles. The van der Waals surface area contributed by atoms with E-state index >= 15 is 0 Å². The number of hydrogen-bond donors (Lipinski definition) is 1. The van der Waals surface area contributed by atoms with Gasteiger partial charge in [-0.1, -0.05) is 30.3 Å². The fourth-order valence-corrected chi connectivity index (χ4v) is 4.49. The number of alkyl halides is 3. The second-order valence-electron chi connectivity index (χ2n) is 8.40. The Balaban J connectivity index is 1.70. The van der Waals surface area contributed by atoms with Crippen molar-refractivity contribution in [2.24, 2.45) is 5.73 Å². The van der Waals surface area contributed by atoms with E-state index in [1.165, 1.54) is 13.2 Å². The van der Waals surface area contributed by atoms with Crippen LogP contribution in [0.5, 0.6) is 5.75 Å². The van der Waals surface area contributed by atoms with Crippen LogP contribution in [0.25, 0.3) is 10.9 Å². The van der Waals surface area contributed by atoms with E-state index in [2.05, 4.69) is 4.98 Å². The molecule has 0 saturated carbocycles. The molecular formula is C25H25F3N4O3. The highest BCUT2D eigenvalue weighted by atomic mass is 19.4. The standard InChI is InChI=1S/C25H25F3N4O3/c1-35-20-9-8-19(18-7-10-21(25(26,27)28)30-24(18)20)31-11-12-32(23(34)14-22(29)33)17(15-31)13-16-5-3-2-4-6-16/h2-10,17H,11-15H2,1H3,(H2,29,33)/t17-/m0/s1. The van der Waals surface area contributed by atoms with Gasteiger partial charge in [-0.15, -0.1) is 0 Å². The molecule has 1 aromatic heterocycles. The molecule has 0 spiro atoms. The number of piperazine rings is 1. The number of anilines is 1. The third-order valence-corrected chi connectivity index (χ3v) is 6.09. The molecule has 1 saturated heterocycles. The molecule has 7 nitrogen and oxygen atoms in total. The highest BCUT2D eigenvalue weighted by Crippen LogP contribution is 2.37. The lowest BCUT2D eigenvalue weighted by Crippen LogP contribution is -2.56. The molecule has 0 radical (unpaired) electrons. The van der Waals surface area contributed by atoms with Crippen molar-refractivity contribution in [3.05, 3.63) is 65.9 Å². The van der Waals surface area contributed by atoms with Gasteiger partial charge in [-0.3, -0.25) is 9.59 Å². The fraction of sp³-hybridized carbons (Fsp3) is 0.320. The normalized spacial score (nSPS) is 16.4. The summed E-state index contributed by atoms with van der Waals surface area (Å²) in [7, 11) is 1.38. The lowest BCUT2D eigenvalue weighted by molar-refractivity contribution is -0.141. The summed E-state index contributed by atoms with van der Waals surface area (Å²) in [6.07, 6.45) is -4.41. The quantitative estimate of drug-likeness (QED) is 0.540. The van der Waals surface area contributed by atoms with Crippen molar-refractivity contribution in [1.29, 1.82) is 0 Å². The summed E-state index contributed by atoms with van der Waals surface area (Å²) in [5.41, 5.74) is 6.09. The van der Waals surface area contributed by atoms with Gasteiger partial charge in [0.1, 0.15) is 23.4 Å². The van der Waals surface area contributed by atoms with Crippen LogP contribution in [0.2, 0.25) is 0 Å². The second-order valence-corrected chi connectivity index (χ2v) is 8.40. The molecule has 0 bridgehead atoms. The Morgan fingerprint density at radius 1 is 1.09 bits per heavy atom. The summed E-state index contributed by atoms with van der Waals surface area (Å²) in [5, 5.41) is 0.521. The van der Waals surface area contributed by atoms with Gasteiger partial charge >= 0.3 is 6.18 Å². The number of carbonyl (C=O) groups is 2. The Hall–Kier alpha value is -3.82. The second kappa shape index (κ2) is 9.81. The molecule has 0 aliphatic carbocycles. The van der Waals surface area contributed by atoms with Crippen molar-refractivity contribution in [2.75, 3.05) is 31.6 Å². The molecule has 2 heterocycles.